The van der Waals surface area contributed by atoms with Gasteiger partial charge in [-0.05, 0) is 66.6 Å². The monoisotopic (exact) mass is 367 g/mol. The molecule has 0 N–H and O–H groups in total. The van der Waals surface area contributed by atoms with Crippen molar-refractivity contribution in [3.05, 3.63) is 76.6 Å². The second-order valence-electron chi connectivity index (χ2n) is 7.50. The van der Waals surface area contributed by atoms with Crippen LogP contribution in [-0.4, -0.2) is 17.8 Å². The minimum Gasteiger partial charge on any atom is -0.376 e. The molecule has 3 heteroatoms. The maximum Gasteiger partial charge on any atom is 0.0850 e. The van der Waals surface area contributed by atoms with E-state index in [4.69, 9.17) is 16.3 Å². The highest BCUT2D eigenvalue weighted by molar-refractivity contribution is 6.30. The molecule has 1 aliphatic heterocycles. The first kappa shape index (κ1) is 17.6. The first-order valence-electron chi connectivity index (χ1n) is 9.47. The summed E-state index contributed by atoms with van der Waals surface area (Å²) in [5, 5.41) is 0.806. The summed E-state index contributed by atoms with van der Waals surface area (Å²) < 4.78 is 8.29. The molecule has 1 aromatic heterocycles. The third kappa shape index (κ3) is 2.86. The van der Waals surface area contributed by atoms with Crippen molar-refractivity contribution in [2.75, 3.05) is 7.11 Å². The van der Waals surface area contributed by atoms with Crippen LogP contribution in [0.1, 0.15) is 37.4 Å². The van der Waals surface area contributed by atoms with Crippen molar-refractivity contribution >= 4 is 11.6 Å². The molecule has 0 saturated carbocycles. The number of hydrogen-bond acceptors (Lipinski definition) is 1. The number of rotatable bonds is 3. The fourth-order valence-electron chi connectivity index (χ4n) is 4.88. The minimum atomic E-state index is 0.114. The zero-order valence-electron chi connectivity index (χ0n) is 15.7. The van der Waals surface area contributed by atoms with Gasteiger partial charge in [0.2, 0.25) is 0 Å². The maximum absolute atomic E-state index is 6.46. The van der Waals surface area contributed by atoms with Crippen LogP contribution in [-0.2, 0) is 11.2 Å². The van der Waals surface area contributed by atoms with Crippen LogP contribution in [0.3, 0.4) is 0 Å². The van der Waals surface area contributed by atoms with E-state index in [0.717, 1.165) is 17.9 Å². The number of aromatic nitrogens is 1. The van der Waals surface area contributed by atoms with Gasteiger partial charge in [0.15, 0.2) is 0 Å². The molecule has 2 aliphatic rings. The molecule has 0 fully saturated rings. The Morgan fingerprint density at radius 2 is 2.12 bits per heavy atom. The van der Waals surface area contributed by atoms with E-state index in [9.17, 15) is 0 Å². The van der Waals surface area contributed by atoms with Gasteiger partial charge >= 0.3 is 0 Å². The Bertz CT molecular complexity index is 863. The highest BCUT2D eigenvalue weighted by atomic mass is 35.5. The van der Waals surface area contributed by atoms with Gasteiger partial charge < -0.3 is 9.30 Å². The van der Waals surface area contributed by atoms with Gasteiger partial charge in [0.1, 0.15) is 0 Å². The van der Waals surface area contributed by atoms with E-state index < -0.39 is 0 Å². The SMILES string of the molecule is CCC1Cc2cccn2-c2ccc(Cl)cc2C1C1C=CC=C(C)C1OC. The third-order valence-corrected chi connectivity index (χ3v) is 6.34. The molecule has 0 saturated heterocycles. The van der Waals surface area contributed by atoms with Crippen molar-refractivity contribution in [3.63, 3.8) is 0 Å². The van der Waals surface area contributed by atoms with Gasteiger partial charge in [-0.2, -0.15) is 0 Å². The molecule has 4 rings (SSSR count). The molecular weight excluding hydrogens is 342 g/mol. The van der Waals surface area contributed by atoms with E-state index >= 15 is 0 Å². The van der Waals surface area contributed by atoms with Crippen LogP contribution in [0.4, 0.5) is 0 Å². The average Bonchev–Trinajstić information content (AvgIpc) is 3.05. The summed E-state index contributed by atoms with van der Waals surface area (Å²) in [6.07, 6.45) is 11.2. The summed E-state index contributed by atoms with van der Waals surface area (Å²) in [4.78, 5) is 0. The van der Waals surface area contributed by atoms with Gasteiger partial charge in [0, 0.05) is 35.6 Å². The number of allylic oxidation sites excluding steroid dienone is 2. The Morgan fingerprint density at radius 1 is 1.27 bits per heavy atom. The molecule has 1 aliphatic carbocycles. The van der Waals surface area contributed by atoms with Crippen molar-refractivity contribution in [2.24, 2.45) is 11.8 Å². The fraction of sp³-hybridized carbons (Fsp3) is 0.391. The summed E-state index contributed by atoms with van der Waals surface area (Å²) in [5.41, 5.74) is 5.27. The van der Waals surface area contributed by atoms with Gasteiger partial charge in [0.25, 0.3) is 0 Å². The van der Waals surface area contributed by atoms with Crippen molar-refractivity contribution in [3.8, 4) is 5.69 Å². The Balaban J connectivity index is 1.90. The predicted octanol–water partition coefficient (Wildman–Crippen LogP) is 5.94. The van der Waals surface area contributed by atoms with E-state index in [2.05, 4.69) is 67.1 Å². The topological polar surface area (TPSA) is 14.2 Å². The highest BCUT2D eigenvalue weighted by Gasteiger charge is 2.39. The van der Waals surface area contributed by atoms with Gasteiger partial charge in [-0.1, -0.05) is 43.2 Å². The number of methoxy groups -OCH3 is 1. The van der Waals surface area contributed by atoms with Crippen molar-refractivity contribution < 1.29 is 4.74 Å². The van der Waals surface area contributed by atoms with Crippen molar-refractivity contribution in [2.45, 2.75) is 38.7 Å². The standard InChI is InChI=1S/C23H26ClNO/c1-4-16-13-18-8-6-12-25(18)21-11-10-17(24)14-20(21)22(16)19-9-5-7-15(2)23(19)26-3/h5-12,14,16,19,22-23H,4,13H2,1-3H3. The summed E-state index contributed by atoms with van der Waals surface area (Å²) in [5.74, 6) is 1.23. The molecule has 4 atom stereocenters. The number of ether oxygens (including phenoxy) is 1. The molecule has 136 valence electrons. The summed E-state index contributed by atoms with van der Waals surface area (Å²) in [6, 6.07) is 10.7. The highest BCUT2D eigenvalue weighted by Crippen LogP contribution is 2.46. The fourth-order valence-corrected chi connectivity index (χ4v) is 5.07. The summed E-state index contributed by atoms with van der Waals surface area (Å²) in [7, 11) is 1.83. The average molecular weight is 368 g/mol. The van der Waals surface area contributed by atoms with Gasteiger partial charge in [0.05, 0.1) is 6.10 Å². The predicted molar refractivity (Wildman–Crippen MR) is 108 cm³/mol. The van der Waals surface area contributed by atoms with E-state index in [-0.39, 0.29) is 6.10 Å². The normalized spacial score (nSPS) is 27.5. The van der Waals surface area contributed by atoms with Crippen LogP contribution in [0, 0.1) is 11.8 Å². The summed E-state index contributed by atoms with van der Waals surface area (Å²) in [6.45, 7) is 4.47. The van der Waals surface area contributed by atoms with E-state index in [1.807, 2.05) is 13.2 Å². The van der Waals surface area contributed by atoms with Crippen LogP contribution < -0.4 is 0 Å². The first-order valence-corrected chi connectivity index (χ1v) is 9.85. The molecule has 2 aromatic rings. The lowest BCUT2D eigenvalue weighted by Gasteiger charge is -2.37. The second-order valence-corrected chi connectivity index (χ2v) is 7.94. The van der Waals surface area contributed by atoms with Crippen LogP contribution >= 0.6 is 11.6 Å². The molecule has 4 unspecified atom stereocenters. The lowest BCUT2D eigenvalue weighted by Crippen LogP contribution is -2.33. The summed E-state index contributed by atoms with van der Waals surface area (Å²) >= 11 is 6.46. The molecular formula is C23H26ClNO. The molecule has 0 spiro atoms. The van der Waals surface area contributed by atoms with Crippen LogP contribution in [0.15, 0.2) is 60.3 Å². The largest absolute Gasteiger partial charge is 0.376 e. The maximum atomic E-state index is 6.46. The Kier molecular flexibility index (Phi) is 4.81. The third-order valence-electron chi connectivity index (χ3n) is 6.10. The lowest BCUT2D eigenvalue weighted by atomic mass is 9.70. The van der Waals surface area contributed by atoms with Gasteiger partial charge in [-0.3, -0.25) is 0 Å². The van der Waals surface area contributed by atoms with Crippen LogP contribution in [0.25, 0.3) is 5.69 Å². The molecule has 0 bridgehead atoms. The molecule has 0 amide bonds. The Hall–Kier alpha value is -1.77. The van der Waals surface area contributed by atoms with E-state index in [1.165, 1.54) is 22.5 Å². The van der Waals surface area contributed by atoms with E-state index in [1.54, 1.807) is 0 Å². The van der Waals surface area contributed by atoms with Crippen molar-refractivity contribution in [1.29, 1.82) is 0 Å². The number of hydrogen-bond donors (Lipinski definition) is 0. The Labute approximate surface area is 161 Å². The molecule has 0 radical (unpaired) electrons. The molecule has 2 nitrogen and oxygen atoms in total. The minimum absolute atomic E-state index is 0.114. The van der Waals surface area contributed by atoms with Crippen LogP contribution in [0.5, 0.6) is 0 Å². The van der Waals surface area contributed by atoms with Crippen molar-refractivity contribution in [1.82, 2.24) is 4.57 Å². The van der Waals surface area contributed by atoms with Gasteiger partial charge in [-0.15, -0.1) is 0 Å². The number of halogens is 1. The number of nitrogens with zero attached hydrogens (tertiary/aromatic N) is 1. The quantitative estimate of drug-likeness (QED) is 0.654. The van der Waals surface area contributed by atoms with E-state index in [0.29, 0.717) is 17.8 Å². The Morgan fingerprint density at radius 3 is 2.88 bits per heavy atom. The second kappa shape index (κ2) is 7.09. The number of fused-ring (bicyclic) bond motifs is 3. The molecule has 2 heterocycles. The molecule has 26 heavy (non-hydrogen) atoms. The smallest absolute Gasteiger partial charge is 0.0850 e. The zero-order chi connectivity index (χ0) is 18.3. The first-order chi connectivity index (χ1) is 12.6. The van der Waals surface area contributed by atoms with Gasteiger partial charge in [-0.25, -0.2) is 0 Å². The molecule has 1 aromatic carbocycles. The zero-order valence-corrected chi connectivity index (χ0v) is 16.4. The van der Waals surface area contributed by atoms with Crippen LogP contribution in [0.2, 0.25) is 5.02 Å². The lowest BCUT2D eigenvalue weighted by molar-refractivity contribution is 0.0753. The number of benzene rings is 1.